The van der Waals surface area contributed by atoms with Gasteiger partial charge >= 0.3 is 0 Å². The molecule has 1 fully saturated rings. The van der Waals surface area contributed by atoms with Crippen LogP contribution in [0.15, 0.2) is 24.3 Å². The van der Waals surface area contributed by atoms with E-state index in [1.807, 2.05) is 0 Å². The molecule has 1 aliphatic rings. The van der Waals surface area contributed by atoms with Crippen molar-refractivity contribution in [3.8, 4) is 0 Å². The van der Waals surface area contributed by atoms with Crippen molar-refractivity contribution < 1.29 is 4.79 Å². The molecule has 1 aromatic rings. The van der Waals surface area contributed by atoms with E-state index in [4.69, 9.17) is 0 Å². The van der Waals surface area contributed by atoms with Crippen molar-refractivity contribution in [2.45, 2.75) is 59.0 Å². The number of likely N-dealkylation sites (tertiary alicyclic amines) is 1. The summed E-state index contributed by atoms with van der Waals surface area (Å²) in [4.78, 5) is 14.7. The molecule has 22 heavy (non-hydrogen) atoms. The Morgan fingerprint density at radius 3 is 2.64 bits per heavy atom. The van der Waals surface area contributed by atoms with Crippen molar-refractivity contribution in [3.63, 3.8) is 0 Å². The number of hydrogen-bond donors (Lipinski definition) is 1. The summed E-state index contributed by atoms with van der Waals surface area (Å²) in [6.07, 6.45) is 4.15. The number of benzene rings is 1. The van der Waals surface area contributed by atoms with Crippen molar-refractivity contribution in [1.29, 1.82) is 0 Å². The van der Waals surface area contributed by atoms with Gasteiger partial charge in [-0.05, 0) is 57.3 Å². The van der Waals surface area contributed by atoms with Gasteiger partial charge in [0.15, 0.2) is 0 Å². The summed E-state index contributed by atoms with van der Waals surface area (Å²) >= 11 is 0. The van der Waals surface area contributed by atoms with E-state index in [1.54, 1.807) is 0 Å². The molecule has 3 heteroatoms. The first-order chi connectivity index (χ1) is 10.6. The standard InChI is InChI=1S/C19H30N2O/c1-4-7-16(3)20-19(22)17-10-12-21(13-11-17)14-18-9-6-5-8-15(18)2/h5-6,8-9,16-17H,4,7,10-14H2,1-3H3,(H,20,22)/t16-/m1/s1. The fraction of sp³-hybridized carbons (Fsp3) is 0.632. The van der Waals surface area contributed by atoms with Crippen LogP contribution in [0.25, 0.3) is 0 Å². The molecule has 0 radical (unpaired) electrons. The van der Waals surface area contributed by atoms with E-state index in [1.165, 1.54) is 11.1 Å². The Labute approximate surface area is 135 Å². The molecule has 0 saturated carbocycles. The molecule has 122 valence electrons. The number of carbonyl (C=O) groups is 1. The van der Waals surface area contributed by atoms with Crippen LogP contribution < -0.4 is 5.32 Å². The summed E-state index contributed by atoms with van der Waals surface area (Å²) in [5.41, 5.74) is 2.76. The lowest BCUT2D eigenvalue weighted by atomic mass is 9.95. The average molecular weight is 302 g/mol. The second kappa shape index (κ2) is 8.33. The molecule has 1 aliphatic heterocycles. The summed E-state index contributed by atoms with van der Waals surface area (Å²) in [5.74, 6) is 0.462. The molecule has 0 aromatic heterocycles. The zero-order valence-corrected chi connectivity index (χ0v) is 14.3. The van der Waals surface area contributed by atoms with Crippen LogP contribution in [0, 0.1) is 12.8 Å². The second-order valence-electron chi connectivity index (χ2n) is 6.68. The Morgan fingerprint density at radius 2 is 2.00 bits per heavy atom. The first-order valence-electron chi connectivity index (χ1n) is 8.67. The molecule has 0 spiro atoms. The molecular formula is C19H30N2O. The highest BCUT2D eigenvalue weighted by atomic mass is 16.1. The number of aryl methyl sites for hydroxylation is 1. The van der Waals surface area contributed by atoms with Gasteiger partial charge in [-0.1, -0.05) is 37.6 Å². The molecule has 0 unspecified atom stereocenters. The summed E-state index contributed by atoms with van der Waals surface area (Å²) in [6, 6.07) is 8.89. The predicted molar refractivity (Wildman–Crippen MR) is 91.7 cm³/mol. The molecule has 1 N–H and O–H groups in total. The number of nitrogens with one attached hydrogen (secondary N) is 1. The van der Waals surface area contributed by atoms with Crippen LogP contribution in [-0.4, -0.2) is 29.9 Å². The maximum atomic E-state index is 12.3. The SMILES string of the molecule is CCC[C@@H](C)NC(=O)C1CCN(Cc2ccccc2C)CC1. The zero-order valence-electron chi connectivity index (χ0n) is 14.3. The van der Waals surface area contributed by atoms with E-state index in [9.17, 15) is 4.79 Å². The fourth-order valence-corrected chi connectivity index (χ4v) is 3.25. The molecule has 3 nitrogen and oxygen atoms in total. The smallest absolute Gasteiger partial charge is 0.223 e. The first kappa shape index (κ1) is 17.0. The Hall–Kier alpha value is -1.35. The van der Waals surface area contributed by atoms with Crippen molar-refractivity contribution >= 4 is 5.91 Å². The van der Waals surface area contributed by atoms with Gasteiger partial charge in [-0.15, -0.1) is 0 Å². The number of nitrogens with zero attached hydrogens (tertiary/aromatic N) is 1. The van der Waals surface area contributed by atoms with E-state index in [0.717, 1.165) is 45.3 Å². The largest absolute Gasteiger partial charge is 0.353 e. The predicted octanol–water partition coefficient (Wildman–Crippen LogP) is 3.51. The Balaban J connectivity index is 1.78. The molecule has 1 saturated heterocycles. The van der Waals surface area contributed by atoms with Gasteiger partial charge in [-0.2, -0.15) is 0 Å². The first-order valence-corrected chi connectivity index (χ1v) is 8.67. The molecule has 1 heterocycles. The Bertz CT molecular complexity index is 478. The minimum atomic E-state index is 0.201. The number of amides is 1. The maximum Gasteiger partial charge on any atom is 0.223 e. The molecular weight excluding hydrogens is 272 g/mol. The van der Waals surface area contributed by atoms with Crippen LogP contribution in [0.4, 0.5) is 0 Å². The van der Waals surface area contributed by atoms with Crippen molar-refractivity contribution in [2.75, 3.05) is 13.1 Å². The molecule has 0 aliphatic carbocycles. The highest BCUT2D eigenvalue weighted by molar-refractivity contribution is 5.79. The molecule has 1 atom stereocenters. The van der Waals surface area contributed by atoms with E-state index >= 15 is 0 Å². The second-order valence-corrected chi connectivity index (χ2v) is 6.68. The van der Waals surface area contributed by atoms with Crippen LogP contribution >= 0.6 is 0 Å². The number of rotatable bonds is 6. The normalized spacial score (nSPS) is 18.1. The van der Waals surface area contributed by atoms with Gasteiger partial charge in [0.2, 0.25) is 5.91 Å². The van der Waals surface area contributed by atoms with Gasteiger partial charge in [0, 0.05) is 18.5 Å². The fourth-order valence-electron chi connectivity index (χ4n) is 3.25. The van der Waals surface area contributed by atoms with Crippen molar-refractivity contribution in [2.24, 2.45) is 5.92 Å². The lowest BCUT2D eigenvalue weighted by Crippen LogP contribution is -2.42. The number of hydrogen-bond acceptors (Lipinski definition) is 2. The van der Waals surface area contributed by atoms with Crippen LogP contribution in [0.3, 0.4) is 0 Å². The minimum absolute atomic E-state index is 0.201. The molecule has 1 amide bonds. The molecule has 2 rings (SSSR count). The average Bonchev–Trinajstić information content (AvgIpc) is 2.50. The van der Waals surface area contributed by atoms with E-state index < -0.39 is 0 Å². The Morgan fingerprint density at radius 1 is 1.32 bits per heavy atom. The van der Waals surface area contributed by atoms with E-state index in [0.29, 0.717) is 6.04 Å². The van der Waals surface area contributed by atoms with Crippen LogP contribution in [-0.2, 0) is 11.3 Å². The van der Waals surface area contributed by atoms with Crippen molar-refractivity contribution in [1.82, 2.24) is 10.2 Å². The summed E-state index contributed by atoms with van der Waals surface area (Å²) in [5, 5.41) is 3.17. The lowest BCUT2D eigenvalue weighted by molar-refractivity contribution is -0.127. The minimum Gasteiger partial charge on any atom is -0.353 e. The summed E-state index contributed by atoms with van der Waals surface area (Å²) in [7, 11) is 0. The topological polar surface area (TPSA) is 32.3 Å². The highest BCUT2D eigenvalue weighted by Gasteiger charge is 2.25. The van der Waals surface area contributed by atoms with Crippen LogP contribution in [0.1, 0.15) is 50.7 Å². The van der Waals surface area contributed by atoms with Gasteiger partial charge in [-0.25, -0.2) is 0 Å². The summed E-state index contributed by atoms with van der Waals surface area (Å²) in [6.45, 7) is 9.49. The number of piperidine rings is 1. The van der Waals surface area contributed by atoms with Crippen LogP contribution in [0.5, 0.6) is 0 Å². The zero-order chi connectivity index (χ0) is 15.9. The van der Waals surface area contributed by atoms with Gasteiger partial charge < -0.3 is 5.32 Å². The third kappa shape index (κ3) is 4.84. The third-order valence-electron chi connectivity index (χ3n) is 4.72. The van der Waals surface area contributed by atoms with Gasteiger partial charge in [0.1, 0.15) is 0 Å². The highest BCUT2D eigenvalue weighted by Crippen LogP contribution is 2.20. The van der Waals surface area contributed by atoms with Crippen LogP contribution in [0.2, 0.25) is 0 Å². The maximum absolute atomic E-state index is 12.3. The van der Waals surface area contributed by atoms with Gasteiger partial charge in [0.25, 0.3) is 0 Å². The van der Waals surface area contributed by atoms with E-state index in [2.05, 4.69) is 55.3 Å². The lowest BCUT2D eigenvalue weighted by Gasteiger charge is -2.32. The van der Waals surface area contributed by atoms with Crippen molar-refractivity contribution in [3.05, 3.63) is 35.4 Å². The Kier molecular flexibility index (Phi) is 6.44. The summed E-state index contributed by atoms with van der Waals surface area (Å²) < 4.78 is 0. The molecule has 1 aromatic carbocycles. The van der Waals surface area contributed by atoms with E-state index in [-0.39, 0.29) is 11.8 Å². The van der Waals surface area contributed by atoms with Gasteiger partial charge in [0.05, 0.1) is 0 Å². The number of carbonyl (C=O) groups excluding carboxylic acids is 1. The quantitative estimate of drug-likeness (QED) is 0.872. The molecule has 0 bridgehead atoms. The monoisotopic (exact) mass is 302 g/mol. The van der Waals surface area contributed by atoms with Gasteiger partial charge in [-0.3, -0.25) is 9.69 Å². The third-order valence-corrected chi connectivity index (χ3v) is 4.72.